The van der Waals surface area contributed by atoms with Crippen molar-refractivity contribution in [3.05, 3.63) is 28.7 Å². The number of guanidine groups is 1. The summed E-state index contributed by atoms with van der Waals surface area (Å²) in [4.78, 5) is 18.4. The molecule has 2 atom stereocenters. The minimum absolute atomic E-state index is 0.234. The van der Waals surface area contributed by atoms with Crippen LogP contribution in [-0.4, -0.2) is 51.3 Å². The first kappa shape index (κ1) is 19.6. The molecule has 1 saturated heterocycles. The Balaban J connectivity index is 1.91. The van der Waals surface area contributed by atoms with Crippen LogP contribution in [0.2, 0.25) is 0 Å². The second-order valence-electron chi connectivity index (χ2n) is 6.20. The summed E-state index contributed by atoms with van der Waals surface area (Å²) in [7, 11) is 1.40. The van der Waals surface area contributed by atoms with Crippen molar-refractivity contribution < 1.29 is 9.53 Å². The predicted octanol–water partition coefficient (Wildman–Crippen LogP) is 2.39. The third-order valence-corrected chi connectivity index (χ3v) is 4.72. The van der Waals surface area contributed by atoms with Gasteiger partial charge >= 0.3 is 5.97 Å². The molecule has 0 spiro atoms. The average molecular weight is 411 g/mol. The number of anilines is 1. The van der Waals surface area contributed by atoms with Gasteiger partial charge in [0.2, 0.25) is 0 Å². The Morgan fingerprint density at radius 1 is 1.44 bits per heavy atom. The molecule has 0 bridgehead atoms. The van der Waals surface area contributed by atoms with Gasteiger partial charge in [0, 0.05) is 35.8 Å². The van der Waals surface area contributed by atoms with Crippen molar-refractivity contribution in [1.29, 1.82) is 0 Å². The van der Waals surface area contributed by atoms with Gasteiger partial charge in [0.1, 0.15) is 0 Å². The van der Waals surface area contributed by atoms with Crippen LogP contribution in [0.15, 0.2) is 33.7 Å². The zero-order valence-corrected chi connectivity index (χ0v) is 16.7. The molecular weight excluding hydrogens is 384 g/mol. The van der Waals surface area contributed by atoms with Gasteiger partial charge < -0.3 is 20.3 Å². The minimum atomic E-state index is -0.247. The van der Waals surface area contributed by atoms with E-state index in [-0.39, 0.29) is 11.9 Å². The number of halogens is 1. The number of benzene rings is 1. The molecule has 0 saturated carbocycles. The molecule has 0 aromatic heterocycles. The molecule has 1 aromatic carbocycles. The van der Waals surface area contributed by atoms with Gasteiger partial charge in [-0.2, -0.15) is 0 Å². The molecule has 2 N–H and O–H groups in total. The molecule has 1 aliphatic heterocycles. The Morgan fingerprint density at radius 3 is 2.80 bits per heavy atom. The maximum Gasteiger partial charge on any atom is 0.310 e. The van der Waals surface area contributed by atoms with Crippen molar-refractivity contribution in [2.75, 3.05) is 38.2 Å². The number of carbonyl (C=O) groups excluding carboxylic acids is 1. The van der Waals surface area contributed by atoms with Crippen molar-refractivity contribution in [1.82, 2.24) is 10.6 Å². The lowest BCUT2D eigenvalue weighted by atomic mass is 10.2. The number of hydrogen-bond donors (Lipinski definition) is 2. The number of nitrogens with zero attached hydrogens (tertiary/aromatic N) is 2. The number of rotatable bonds is 6. The van der Waals surface area contributed by atoms with E-state index in [9.17, 15) is 4.79 Å². The van der Waals surface area contributed by atoms with E-state index >= 15 is 0 Å². The van der Waals surface area contributed by atoms with E-state index in [1.54, 1.807) is 0 Å². The van der Waals surface area contributed by atoms with E-state index in [1.807, 2.05) is 13.8 Å². The highest BCUT2D eigenvalue weighted by Crippen LogP contribution is 2.22. The third kappa shape index (κ3) is 5.92. The monoisotopic (exact) mass is 410 g/mol. The molecular formula is C18H27BrN4O2. The maximum absolute atomic E-state index is 11.5. The summed E-state index contributed by atoms with van der Waals surface area (Å²) in [5, 5.41) is 6.72. The standard InChI is InChI=1S/C18H27BrN4O2/c1-4-20-18(21-11-13(2)17(24)25-3)22-15-9-10-23(12-15)16-7-5-14(19)6-8-16/h5-8,13,15H,4,9-12H2,1-3H3,(H2,20,21,22). The van der Waals surface area contributed by atoms with Crippen LogP contribution in [0.5, 0.6) is 0 Å². The quantitative estimate of drug-likeness (QED) is 0.428. The lowest BCUT2D eigenvalue weighted by Crippen LogP contribution is -2.45. The molecule has 2 rings (SSSR count). The van der Waals surface area contributed by atoms with Crippen LogP contribution in [0.3, 0.4) is 0 Å². The highest BCUT2D eigenvalue weighted by Gasteiger charge is 2.23. The smallest absolute Gasteiger partial charge is 0.310 e. The summed E-state index contributed by atoms with van der Waals surface area (Å²) < 4.78 is 5.84. The van der Waals surface area contributed by atoms with Crippen LogP contribution in [-0.2, 0) is 9.53 Å². The lowest BCUT2D eigenvalue weighted by molar-refractivity contribution is -0.144. The summed E-state index contributed by atoms with van der Waals surface area (Å²) in [5.74, 6) is 0.270. The summed E-state index contributed by atoms with van der Waals surface area (Å²) in [6.45, 7) is 6.98. The van der Waals surface area contributed by atoms with Gasteiger partial charge in [-0.05, 0) is 37.6 Å². The Bertz CT molecular complexity index is 591. The number of aliphatic imine (C=N–C) groups is 1. The molecule has 7 heteroatoms. The zero-order valence-electron chi connectivity index (χ0n) is 15.1. The third-order valence-electron chi connectivity index (χ3n) is 4.19. The zero-order chi connectivity index (χ0) is 18.2. The van der Waals surface area contributed by atoms with Crippen LogP contribution in [0.4, 0.5) is 5.69 Å². The first-order valence-corrected chi connectivity index (χ1v) is 9.46. The van der Waals surface area contributed by atoms with Crippen molar-refractivity contribution >= 4 is 33.5 Å². The molecule has 0 radical (unpaired) electrons. The number of ether oxygens (including phenoxy) is 1. The number of methoxy groups -OCH3 is 1. The number of carbonyl (C=O) groups is 1. The van der Waals surface area contributed by atoms with Crippen molar-refractivity contribution in [3.63, 3.8) is 0 Å². The first-order valence-electron chi connectivity index (χ1n) is 8.66. The van der Waals surface area contributed by atoms with E-state index in [1.165, 1.54) is 12.8 Å². The van der Waals surface area contributed by atoms with Crippen molar-refractivity contribution in [2.24, 2.45) is 10.9 Å². The molecule has 1 aliphatic rings. The SMILES string of the molecule is CCNC(=NCC(C)C(=O)OC)NC1CCN(c2ccc(Br)cc2)C1. The number of esters is 1. The van der Waals surface area contributed by atoms with Crippen LogP contribution >= 0.6 is 15.9 Å². The molecule has 0 aliphatic carbocycles. The molecule has 1 aromatic rings. The topological polar surface area (TPSA) is 66.0 Å². The molecule has 0 amide bonds. The van der Waals surface area contributed by atoms with Gasteiger partial charge in [0.05, 0.1) is 19.6 Å². The van der Waals surface area contributed by atoms with Crippen LogP contribution in [0.1, 0.15) is 20.3 Å². The molecule has 138 valence electrons. The van der Waals surface area contributed by atoms with Gasteiger partial charge in [-0.25, -0.2) is 0 Å². The van der Waals surface area contributed by atoms with E-state index in [2.05, 4.69) is 60.7 Å². The summed E-state index contributed by atoms with van der Waals surface area (Å²) in [5.41, 5.74) is 1.23. The van der Waals surface area contributed by atoms with Gasteiger partial charge in [-0.15, -0.1) is 0 Å². The fourth-order valence-electron chi connectivity index (χ4n) is 2.78. The molecule has 25 heavy (non-hydrogen) atoms. The van der Waals surface area contributed by atoms with E-state index in [4.69, 9.17) is 4.74 Å². The van der Waals surface area contributed by atoms with Crippen molar-refractivity contribution in [3.8, 4) is 0 Å². The summed E-state index contributed by atoms with van der Waals surface area (Å²) in [6.07, 6.45) is 1.05. The highest BCUT2D eigenvalue weighted by atomic mass is 79.9. The van der Waals surface area contributed by atoms with Crippen LogP contribution in [0.25, 0.3) is 0 Å². The number of hydrogen-bond acceptors (Lipinski definition) is 4. The Labute approximate surface area is 158 Å². The average Bonchev–Trinajstić information content (AvgIpc) is 3.08. The molecule has 1 fully saturated rings. The van der Waals surface area contributed by atoms with E-state index in [0.29, 0.717) is 12.6 Å². The van der Waals surface area contributed by atoms with Gasteiger partial charge in [-0.3, -0.25) is 9.79 Å². The lowest BCUT2D eigenvalue weighted by Gasteiger charge is -2.20. The second-order valence-corrected chi connectivity index (χ2v) is 7.11. The maximum atomic E-state index is 11.5. The van der Waals surface area contributed by atoms with Gasteiger partial charge in [0.25, 0.3) is 0 Å². The summed E-state index contributed by atoms with van der Waals surface area (Å²) in [6, 6.07) is 8.72. The van der Waals surface area contributed by atoms with Gasteiger partial charge in [0.15, 0.2) is 5.96 Å². The normalized spacial score (nSPS) is 18.8. The van der Waals surface area contributed by atoms with Crippen LogP contribution < -0.4 is 15.5 Å². The first-order chi connectivity index (χ1) is 12.0. The highest BCUT2D eigenvalue weighted by molar-refractivity contribution is 9.10. The summed E-state index contributed by atoms with van der Waals surface area (Å²) >= 11 is 3.47. The molecule has 6 nitrogen and oxygen atoms in total. The largest absolute Gasteiger partial charge is 0.469 e. The van der Waals surface area contributed by atoms with Gasteiger partial charge in [-0.1, -0.05) is 22.9 Å². The Kier molecular flexibility index (Phi) is 7.55. The molecule has 1 heterocycles. The predicted molar refractivity (Wildman–Crippen MR) is 105 cm³/mol. The second kappa shape index (κ2) is 9.65. The Hall–Kier alpha value is -1.76. The minimum Gasteiger partial charge on any atom is -0.469 e. The van der Waals surface area contributed by atoms with Crippen molar-refractivity contribution in [2.45, 2.75) is 26.3 Å². The van der Waals surface area contributed by atoms with Crippen LogP contribution in [0, 0.1) is 5.92 Å². The number of nitrogens with one attached hydrogen (secondary N) is 2. The fourth-order valence-corrected chi connectivity index (χ4v) is 3.05. The Morgan fingerprint density at radius 2 is 2.16 bits per heavy atom. The van der Waals surface area contributed by atoms with E-state index < -0.39 is 0 Å². The fraction of sp³-hybridized carbons (Fsp3) is 0.556. The molecule has 2 unspecified atom stereocenters. The van der Waals surface area contributed by atoms with E-state index in [0.717, 1.165) is 36.5 Å².